The largest absolute Gasteiger partial charge is 0.425 e. The molecule has 2 heterocycles. The zero-order valence-corrected chi connectivity index (χ0v) is 21.5. The van der Waals surface area contributed by atoms with Crippen molar-refractivity contribution in [3.63, 3.8) is 0 Å². The van der Waals surface area contributed by atoms with E-state index in [2.05, 4.69) is 11.1 Å². The van der Waals surface area contributed by atoms with E-state index in [4.69, 9.17) is 15.6 Å². The molecule has 7 nitrogen and oxygen atoms in total. The minimum atomic E-state index is -0.695. The Bertz CT molecular complexity index is 1530. The number of aromatic amines is 1. The van der Waals surface area contributed by atoms with Gasteiger partial charge in [0.05, 0.1) is 5.56 Å². The number of aromatic nitrogens is 3. The van der Waals surface area contributed by atoms with E-state index in [1.165, 1.54) is 16.5 Å². The zero-order chi connectivity index (χ0) is 26.1. The molecule has 1 aliphatic rings. The maximum atomic E-state index is 13.8. The standard InChI is InChI=1S/C30H32N4O3/c1-18(2)26(31)30(36)37-23-16-14-21(15-17-23)24-19(3)32-28-25(20-10-6-4-7-11-20)27(33-34(28)29(24)35)22-12-8-5-9-13-22/h5,8-10,12-18,26,32H,4,6-7,11,31H2,1-3H3/t26-/m0/s1. The number of aryl methyl sites for hydroxylation is 1. The van der Waals surface area contributed by atoms with Crippen molar-refractivity contribution in [2.75, 3.05) is 0 Å². The summed E-state index contributed by atoms with van der Waals surface area (Å²) in [7, 11) is 0. The molecule has 0 saturated carbocycles. The third-order valence-electron chi connectivity index (χ3n) is 6.98. The van der Waals surface area contributed by atoms with Crippen molar-refractivity contribution in [3.8, 4) is 28.1 Å². The molecule has 1 atom stereocenters. The average Bonchev–Trinajstić information content (AvgIpc) is 3.29. The maximum absolute atomic E-state index is 13.8. The predicted molar refractivity (Wildman–Crippen MR) is 146 cm³/mol. The van der Waals surface area contributed by atoms with Crippen molar-refractivity contribution in [2.24, 2.45) is 11.7 Å². The fourth-order valence-electron chi connectivity index (χ4n) is 4.84. The van der Waals surface area contributed by atoms with E-state index >= 15 is 0 Å². The lowest BCUT2D eigenvalue weighted by Gasteiger charge is -2.15. The van der Waals surface area contributed by atoms with Crippen LogP contribution in [0, 0.1) is 12.8 Å². The Morgan fingerprint density at radius 1 is 1.03 bits per heavy atom. The Morgan fingerprint density at radius 2 is 1.76 bits per heavy atom. The lowest BCUT2D eigenvalue weighted by atomic mass is 9.92. The molecule has 0 saturated heterocycles. The van der Waals surface area contributed by atoms with E-state index in [0.717, 1.165) is 41.8 Å². The first-order valence-corrected chi connectivity index (χ1v) is 12.8. The molecule has 5 rings (SSSR count). The molecule has 0 fully saturated rings. The van der Waals surface area contributed by atoms with Gasteiger partial charge in [-0.2, -0.15) is 9.61 Å². The number of allylic oxidation sites excluding steroid dienone is 2. The molecule has 3 N–H and O–H groups in total. The number of esters is 1. The Hall–Kier alpha value is -3.97. The predicted octanol–water partition coefficient (Wildman–Crippen LogP) is 5.51. The van der Waals surface area contributed by atoms with Gasteiger partial charge in [-0.15, -0.1) is 0 Å². The van der Waals surface area contributed by atoms with Gasteiger partial charge in [0.15, 0.2) is 0 Å². The molecule has 0 bridgehead atoms. The quantitative estimate of drug-likeness (QED) is 0.271. The van der Waals surface area contributed by atoms with Gasteiger partial charge >= 0.3 is 5.97 Å². The van der Waals surface area contributed by atoms with Gasteiger partial charge in [0, 0.05) is 16.8 Å². The summed E-state index contributed by atoms with van der Waals surface area (Å²) in [6, 6.07) is 16.2. The zero-order valence-electron chi connectivity index (χ0n) is 21.5. The van der Waals surface area contributed by atoms with Crippen molar-refractivity contribution < 1.29 is 9.53 Å². The van der Waals surface area contributed by atoms with Crippen LogP contribution in [-0.2, 0) is 4.79 Å². The minimum absolute atomic E-state index is 0.0242. The molecular formula is C30H32N4O3. The topological polar surface area (TPSA) is 102 Å². The van der Waals surface area contributed by atoms with Crippen LogP contribution in [0.15, 0.2) is 65.5 Å². The maximum Gasteiger partial charge on any atom is 0.328 e. The van der Waals surface area contributed by atoms with Gasteiger partial charge in [0.25, 0.3) is 5.56 Å². The molecule has 0 unspecified atom stereocenters. The Balaban J connectivity index is 1.59. The second-order valence-corrected chi connectivity index (χ2v) is 9.97. The highest BCUT2D eigenvalue weighted by atomic mass is 16.5. The summed E-state index contributed by atoms with van der Waals surface area (Å²) in [6.45, 7) is 5.64. The molecule has 2 aromatic carbocycles. The third-order valence-corrected chi connectivity index (χ3v) is 6.98. The highest BCUT2D eigenvalue weighted by Crippen LogP contribution is 2.36. The number of rotatable bonds is 6. The van der Waals surface area contributed by atoms with E-state index in [1.54, 1.807) is 24.3 Å². The summed E-state index contributed by atoms with van der Waals surface area (Å²) in [4.78, 5) is 29.5. The third kappa shape index (κ3) is 4.74. The molecule has 7 heteroatoms. The smallest absolute Gasteiger partial charge is 0.328 e. The van der Waals surface area contributed by atoms with Crippen LogP contribution in [0.2, 0.25) is 0 Å². The summed E-state index contributed by atoms with van der Waals surface area (Å²) in [5.74, 6) is -0.117. The SMILES string of the molecule is Cc1[nH]c2c(C3=CCCCC3)c(-c3ccccc3)nn2c(=O)c1-c1ccc(OC(=O)[C@@H](N)C(C)C)cc1. The van der Waals surface area contributed by atoms with Crippen molar-refractivity contribution >= 4 is 17.2 Å². The number of nitrogens with one attached hydrogen (secondary N) is 1. The second-order valence-electron chi connectivity index (χ2n) is 9.97. The van der Waals surface area contributed by atoms with Gasteiger partial charge in [0.1, 0.15) is 23.1 Å². The minimum Gasteiger partial charge on any atom is -0.425 e. The van der Waals surface area contributed by atoms with E-state index in [1.807, 2.05) is 51.1 Å². The average molecular weight is 497 g/mol. The van der Waals surface area contributed by atoms with Gasteiger partial charge in [0.2, 0.25) is 0 Å². The van der Waals surface area contributed by atoms with E-state index in [-0.39, 0.29) is 11.5 Å². The van der Waals surface area contributed by atoms with Crippen LogP contribution in [0.25, 0.3) is 33.6 Å². The first kappa shape index (κ1) is 24.7. The molecule has 1 aliphatic carbocycles. The Morgan fingerprint density at radius 3 is 2.41 bits per heavy atom. The number of hydrogen-bond donors (Lipinski definition) is 2. The number of nitrogens with zero attached hydrogens (tertiary/aromatic N) is 2. The fourth-order valence-corrected chi connectivity index (χ4v) is 4.84. The molecule has 4 aromatic rings. The first-order valence-electron chi connectivity index (χ1n) is 12.8. The number of fused-ring (bicyclic) bond motifs is 1. The van der Waals surface area contributed by atoms with Crippen LogP contribution < -0.4 is 16.0 Å². The number of H-pyrrole nitrogens is 1. The molecule has 37 heavy (non-hydrogen) atoms. The second kappa shape index (κ2) is 10.2. The lowest BCUT2D eigenvalue weighted by Crippen LogP contribution is -2.38. The van der Waals surface area contributed by atoms with Crippen molar-refractivity contribution in [3.05, 3.63) is 82.3 Å². The molecule has 2 aromatic heterocycles. The van der Waals surface area contributed by atoms with Crippen LogP contribution in [0.4, 0.5) is 0 Å². The summed E-state index contributed by atoms with van der Waals surface area (Å²) in [5.41, 5.74) is 12.4. The van der Waals surface area contributed by atoms with Crippen molar-refractivity contribution in [2.45, 2.75) is 52.5 Å². The number of carbonyl (C=O) groups is 1. The van der Waals surface area contributed by atoms with E-state index in [0.29, 0.717) is 22.5 Å². The first-order chi connectivity index (χ1) is 17.8. The Kier molecular flexibility index (Phi) is 6.80. The molecule has 0 amide bonds. The fraction of sp³-hybridized carbons (Fsp3) is 0.300. The number of ether oxygens (including phenoxy) is 1. The monoisotopic (exact) mass is 496 g/mol. The molecule has 0 radical (unpaired) electrons. The molecule has 190 valence electrons. The van der Waals surface area contributed by atoms with Crippen molar-refractivity contribution in [1.82, 2.24) is 14.6 Å². The number of benzene rings is 2. The van der Waals surface area contributed by atoms with Crippen LogP contribution in [0.5, 0.6) is 5.75 Å². The van der Waals surface area contributed by atoms with Crippen molar-refractivity contribution in [1.29, 1.82) is 0 Å². The van der Waals surface area contributed by atoms with Crippen LogP contribution in [-0.4, -0.2) is 26.6 Å². The summed E-state index contributed by atoms with van der Waals surface area (Å²) >= 11 is 0. The van der Waals surface area contributed by atoms with E-state index < -0.39 is 12.0 Å². The van der Waals surface area contributed by atoms with Crippen LogP contribution in [0.3, 0.4) is 0 Å². The van der Waals surface area contributed by atoms with Gasteiger partial charge < -0.3 is 15.5 Å². The van der Waals surface area contributed by atoms with Gasteiger partial charge in [-0.05, 0) is 61.8 Å². The Labute approximate surface area is 216 Å². The highest BCUT2D eigenvalue weighted by molar-refractivity contribution is 5.88. The molecule has 0 spiro atoms. The van der Waals surface area contributed by atoms with Gasteiger partial charge in [-0.3, -0.25) is 4.79 Å². The van der Waals surface area contributed by atoms with Crippen LogP contribution >= 0.6 is 0 Å². The van der Waals surface area contributed by atoms with Crippen LogP contribution in [0.1, 0.15) is 50.8 Å². The normalized spacial score (nSPS) is 14.6. The number of carbonyl (C=O) groups excluding carboxylic acids is 1. The summed E-state index contributed by atoms with van der Waals surface area (Å²) in [6.07, 6.45) is 6.57. The van der Waals surface area contributed by atoms with E-state index in [9.17, 15) is 9.59 Å². The molecular weight excluding hydrogens is 464 g/mol. The lowest BCUT2D eigenvalue weighted by molar-refractivity contribution is -0.136. The summed E-state index contributed by atoms with van der Waals surface area (Å²) < 4.78 is 6.91. The highest BCUT2D eigenvalue weighted by Gasteiger charge is 2.24. The van der Waals surface area contributed by atoms with Gasteiger partial charge in [-0.1, -0.05) is 62.4 Å². The number of nitrogens with two attached hydrogens (primary N) is 1. The van der Waals surface area contributed by atoms with Gasteiger partial charge in [-0.25, -0.2) is 4.79 Å². The summed E-state index contributed by atoms with van der Waals surface area (Å²) in [5, 5.41) is 4.83. The number of hydrogen-bond acceptors (Lipinski definition) is 5. The molecule has 0 aliphatic heterocycles.